The van der Waals surface area contributed by atoms with E-state index in [2.05, 4.69) is 5.32 Å². The van der Waals surface area contributed by atoms with Gasteiger partial charge in [-0.15, -0.1) is 0 Å². The molecular formula is C21H25NO3. The Balaban J connectivity index is 1.85. The van der Waals surface area contributed by atoms with E-state index in [4.69, 9.17) is 4.74 Å². The first-order chi connectivity index (χ1) is 11.9. The first kappa shape index (κ1) is 18.7. The van der Waals surface area contributed by atoms with Crippen LogP contribution in [-0.2, 0) is 14.3 Å². The minimum Gasteiger partial charge on any atom is -0.456 e. The van der Waals surface area contributed by atoms with Crippen LogP contribution in [0.1, 0.15) is 41.5 Å². The summed E-state index contributed by atoms with van der Waals surface area (Å²) in [5, 5.41) is 2.83. The highest BCUT2D eigenvalue weighted by Gasteiger charge is 2.14. The highest BCUT2D eigenvalue weighted by Crippen LogP contribution is 2.22. The summed E-state index contributed by atoms with van der Waals surface area (Å²) in [4.78, 5) is 24.0. The highest BCUT2D eigenvalue weighted by atomic mass is 16.5. The number of aryl methyl sites for hydroxylation is 3. The zero-order valence-corrected chi connectivity index (χ0v) is 15.3. The molecule has 0 bridgehead atoms. The van der Waals surface area contributed by atoms with Crippen LogP contribution in [0.3, 0.4) is 0 Å². The molecule has 2 aromatic carbocycles. The Morgan fingerprint density at radius 3 is 2.24 bits per heavy atom. The van der Waals surface area contributed by atoms with Gasteiger partial charge in [-0.05, 0) is 43.4 Å². The van der Waals surface area contributed by atoms with E-state index in [-0.39, 0.29) is 30.8 Å². The minimum absolute atomic E-state index is 0.0540. The Kier molecular flexibility index (Phi) is 6.34. The van der Waals surface area contributed by atoms with E-state index in [0.717, 1.165) is 27.9 Å². The predicted molar refractivity (Wildman–Crippen MR) is 99.7 cm³/mol. The molecule has 2 aromatic rings. The summed E-state index contributed by atoms with van der Waals surface area (Å²) in [6, 6.07) is 13.8. The van der Waals surface area contributed by atoms with Crippen molar-refractivity contribution in [1.29, 1.82) is 0 Å². The molecule has 4 heteroatoms. The minimum atomic E-state index is -0.371. The first-order valence-electron chi connectivity index (χ1n) is 8.45. The molecule has 1 amide bonds. The molecule has 0 aliphatic carbocycles. The number of rotatable bonds is 6. The van der Waals surface area contributed by atoms with E-state index < -0.39 is 0 Å². The van der Waals surface area contributed by atoms with Gasteiger partial charge in [0, 0.05) is 5.69 Å². The van der Waals surface area contributed by atoms with Crippen LogP contribution in [0.15, 0.2) is 42.5 Å². The van der Waals surface area contributed by atoms with Gasteiger partial charge in [-0.25, -0.2) is 0 Å². The van der Waals surface area contributed by atoms with Crippen LogP contribution < -0.4 is 5.32 Å². The van der Waals surface area contributed by atoms with Crippen molar-refractivity contribution in [3.63, 3.8) is 0 Å². The second kappa shape index (κ2) is 8.47. The van der Waals surface area contributed by atoms with Gasteiger partial charge in [-0.3, -0.25) is 9.59 Å². The molecule has 132 valence electrons. The third-order valence-electron chi connectivity index (χ3n) is 4.15. The van der Waals surface area contributed by atoms with Crippen LogP contribution in [-0.4, -0.2) is 18.5 Å². The fourth-order valence-corrected chi connectivity index (χ4v) is 2.91. The topological polar surface area (TPSA) is 55.4 Å². The molecule has 25 heavy (non-hydrogen) atoms. The van der Waals surface area contributed by atoms with Crippen molar-refractivity contribution in [1.82, 2.24) is 0 Å². The van der Waals surface area contributed by atoms with Gasteiger partial charge in [0.1, 0.15) is 0 Å². The third kappa shape index (κ3) is 5.45. The molecule has 1 atom stereocenters. The van der Waals surface area contributed by atoms with Crippen LogP contribution in [0.5, 0.6) is 0 Å². The number of benzene rings is 2. The second-order valence-electron chi connectivity index (χ2n) is 6.50. The van der Waals surface area contributed by atoms with Crippen molar-refractivity contribution in [3.8, 4) is 0 Å². The molecule has 4 nitrogen and oxygen atoms in total. The van der Waals surface area contributed by atoms with Crippen molar-refractivity contribution in [2.24, 2.45) is 0 Å². The lowest BCUT2D eigenvalue weighted by Crippen LogP contribution is -2.22. The van der Waals surface area contributed by atoms with Gasteiger partial charge in [0.25, 0.3) is 5.91 Å². The van der Waals surface area contributed by atoms with E-state index in [1.54, 1.807) is 0 Å². The van der Waals surface area contributed by atoms with Gasteiger partial charge in [0.15, 0.2) is 6.61 Å². The maximum absolute atomic E-state index is 12.1. The maximum Gasteiger partial charge on any atom is 0.306 e. The largest absolute Gasteiger partial charge is 0.456 e. The standard InChI is InChI=1S/C21H25NO3/c1-14-10-16(3)21(17(4)11-14)22-19(23)13-25-20(24)12-15(2)18-8-6-5-7-9-18/h5-11,15H,12-13H2,1-4H3,(H,22,23)/t15-/m0/s1. The molecule has 1 N–H and O–H groups in total. The van der Waals surface area contributed by atoms with Crippen molar-refractivity contribution in [2.75, 3.05) is 11.9 Å². The summed E-state index contributed by atoms with van der Waals surface area (Å²) in [6.07, 6.45) is 0.250. The van der Waals surface area contributed by atoms with Crippen LogP contribution in [0.25, 0.3) is 0 Å². The van der Waals surface area contributed by atoms with Gasteiger partial charge >= 0.3 is 5.97 Å². The van der Waals surface area contributed by atoms with Crippen molar-refractivity contribution >= 4 is 17.6 Å². The Bertz CT molecular complexity index is 730. The average Bonchev–Trinajstić information content (AvgIpc) is 2.57. The van der Waals surface area contributed by atoms with Crippen LogP contribution in [0, 0.1) is 20.8 Å². The number of hydrogen-bond acceptors (Lipinski definition) is 3. The zero-order valence-electron chi connectivity index (χ0n) is 15.3. The number of carbonyl (C=O) groups is 2. The lowest BCUT2D eigenvalue weighted by Gasteiger charge is -2.14. The highest BCUT2D eigenvalue weighted by molar-refractivity contribution is 5.94. The lowest BCUT2D eigenvalue weighted by atomic mass is 9.98. The van der Waals surface area contributed by atoms with Crippen molar-refractivity contribution < 1.29 is 14.3 Å². The Morgan fingerprint density at radius 1 is 1.04 bits per heavy atom. The van der Waals surface area contributed by atoms with E-state index in [0.29, 0.717) is 0 Å². The SMILES string of the molecule is Cc1cc(C)c(NC(=O)COC(=O)C[C@H](C)c2ccccc2)c(C)c1. The quantitative estimate of drug-likeness (QED) is 0.799. The lowest BCUT2D eigenvalue weighted by molar-refractivity contribution is -0.147. The maximum atomic E-state index is 12.1. The average molecular weight is 339 g/mol. The summed E-state index contributed by atoms with van der Waals surface area (Å²) in [6.45, 7) is 7.61. The molecule has 0 aliphatic rings. The fourth-order valence-electron chi connectivity index (χ4n) is 2.91. The van der Waals surface area contributed by atoms with Crippen molar-refractivity contribution in [2.45, 2.75) is 40.0 Å². The molecule has 0 aromatic heterocycles. The predicted octanol–water partition coefficient (Wildman–Crippen LogP) is 4.29. The smallest absolute Gasteiger partial charge is 0.306 e. The molecule has 0 aliphatic heterocycles. The Hall–Kier alpha value is -2.62. The van der Waals surface area contributed by atoms with Gasteiger partial charge in [0.05, 0.1) is 6.42 Å². The Morgan fingerprint density at radius 2 is 1.64 bits per heavy atom. The van der Waals surface area contributed by atoms with Crippen LogP contribution in [0.2, 0.25) is 0 Å². The Labute approximate surface area is 149 Å². The van der Waals surface area contributed by atoms with Crippen LogP contribution in [0.4, 0.5) is 5.69 Å². The first-order valence-corrected chi connectivity index (χ1v) is 8.45. The fraction of sp³-hybridized carbons (Fsp3) is 0.333. The summed E-state index contributed by atoms with van der Waals surface area (Å²) >= 11 is 0. The molecule has 0 radical (unpaired) electrons. The van der Waals surface area contributed by atoms with E-state index in [9.17, 15) is 9.59 Å². The molecule has 0 fully saturated rings. The van der Waals surface area contributed by atoms with Gasteiger partial charge < -0.3 is 10.1 Å². The number of esters is 1. The second-order valence-corrected chi connectivity index (χ2v) is 6.50. The number of hydrogen-bond donors (Lipinski definition) is 1. The van der Waals surface area contributed by atoms with E-state index in [1.165, 1.54) is 0 Å². The molecule has 0 saturated heterocycles. The normalized spacial score (nSPS) is 11.7. The number of ether oxygens (including phenoxy) is 1. The van der Waals surface area contributed by atoms with E-state index >= 15 is 0 Å². The van der Waals surface area contributed by atoms with E-state index in [1.807, 2.05) is 70.2 Å². The zero-order chi connectivity index (χ0) is 18.4. The molecule has 0 saturated carbocycles. The number of amides is 1. The van der Waals surface area contributed by atoms with Crippen molar-refractivity contribution in [3.05, 3.63) is 64.7 Å². The number of anilines is 1. The molecular weight excluding hydrogens is 314 g/mol. The third-order valence-corrected chi connectivity index (χ3v) is 4.15. The summed E-state index contributed by atoms with van der Waals surface area (Å²) in [7, 11) is 0. The van der Waals surface area contributed by atoms with Crippen LogP contribution >= 0.6 is 0 Å². The summed E-state index contributed by atoms with van der Waals surface area (Å²) in [5.41, 5.74) is 5.00. The van der Waals surface area contributed by atoms with Gasteiger partial charge in [0.2, 0.25) is 0 Å². The van der Waals surface area contributed by atoms with Gasteiger partial charge in [-0.1, -0.05) is 55.0 Å². The molecule has 0 heterocycles. The molecule has 0 spiro atoms. The summed E-state index contributed by atoms with van der Waals surface area (Å²) < 4.78 is 5.12. The summed E-state index contributed by atoms with van der Waals surface area (Å²) in [5.74, 6) is -0.641. The molecule has 2 rings (SSSR count). The number of nitrogens with one attached hydrogen (secondary N) is 1. The molecule has 0 unspecified atom stereocenters. The number of carbonyl (C=O) groups excluding carboxylic acids is 2. The van der Waals surface area contributed by atoms with Gasteiger partial charge in [-0.2, -0.15) is 0 Å². The monoisotopic (exact) mass is 339 g/mol.